The fourth-order valence-corrected chi connectivity index (χ4v) is 4.22. The Morgan fingerprint density at radius 1 is 0.343 bits per heavy atom. The predicted octanol–water partition coefficient (Wildman–Crippen LogP) is 9.27. The van der Waals surface area contributed by atoms with Crippen molar-refractivity contribution in [2.24, 2.45) is 0 Å². The lowest BCUT2D eigenvalue weighted by molar-refractivity contribution is 0.483. The summed E-state index contributed by atoms with van der Waals surface area (Å²) in [6.07, 6.45) is 0. The zero-order valence-electron chi connectivity index (χ0n) is 19.1. The Balaban J connectivity index is 1.10. The van der Waals surface area contributed by atoms with E-state index in [-0.39, 0.29) is 0 Å². The summed E-state index contributed by atoms with van der Waals surface area (Å²) in [5.41, 5.74) is 4.16. The summed E-state index contributed by atoms with van der Waals surface area (Å²) in [7, 11) is 0. The third-order valence-electron chi connectivity index (χ3n) is 6.02. The number of fused-ring (bicyclic) bond motifs is 2. The lowest BCUT2D eigenvalue weighted by Crippen LogP contribution is -1.92. The second-order valence-corrected chi connectivity index (χ2v) is 8.52. The highest BCUT2D eigenvalue weighted by Gasteiger charge is 2.02. The first-order valence-corrected chi connectivity index (χ1v) is 11.7. The maximum atomic E-state index is 6.05. The minimum Gasteiger partial charge on any atom is -0.457 e. The van der Waals surface area contributed by atoms with E-state index in [9.17, 15) is 0 Å². The van der Waals surface area contributed by atoms with Crippen molar-refractivity contribution < 1.29 is 4.74 Å². The zero-order valence-corrected chi connectivity index (χ0v) is 19.1. The molecule has 6 aromatic rings. The molecule has 0 saturated heterocycles. The van der Waals surface area contributed by atoms with Crippen molar-refractivity contribution in [3.8, 4) is 11.5 Å². The van der Waals surface area contributed by atoms with Gasteiger partial charge in [0.25, 0.3) is 0 Å². The smallest absolute Gasteiger partial charge is 0.127 e. The van der Waals surface area contributed by atoms with Crippen LogP contribution in [-0.4, -0.2) is 0 Å². The molecule has 0 fully saturated rings. The maximum absolute atomic E-state index is 6.05. The number of hydrogen-bond donors (Lipinski definition) is 2. The third kappa shape index (κ3) is 4.80. The van der Waals surface area contributed by atoms with Crippen LogP contribution in [0.3, 0.4) is 0 Å². The summed E-state index contributed by atoms with van der Waals surface area (Å²) in [4.78, 5) is 0. The van der Waals surface area contributed by atoms with Crippen LogP contribution in [0.1, 0.15) is 0 Å². The van der Waals surface area contributed by atoms with Gasteiger partial charge in [0.1, 0.15) is 11.5 Å². The molecule has 0 bridgehead atoms. The van der Waals surface area contributed by atoms with E-state index in [0.717, 1.165) is 34.2 Å². The van der Waals surface area contributed by atoms with Gasteiger partial charge in [-0.15, -0.1) is 0 Å². The van der Waals surface area contributed by atoms with Gasteiger partial charge in [0.15, 0.2) is 0 Å². The van der Waals surface area contributed by atoms with Crippen LogP contribution >= 0.6 is 0 Å². The van der Waals surface area contributed by atoms with E-state index >= 15 is 0 Å². The lowest BCUT2D eigenvalue weighted by Gasteiger charge is -2.11. The van der Waals surface area contributed by atoms with Gasteiger partial charge in [-0.2, -0.15) is 0 Å². The molecule has 2 N–H and O–H groups in total. The van der Waals surface area contributed by atoms with Gasteiger partial charge >= 0.3 is 0 Å². The average molecular weight is 453 g/mol. The molecular weight excluding hydrogens is 428 g/mol. The highest BCUT2D eigenvalue weighted by molar-refractivity contribution is 5.87. The van der Waals surface area contributed by atoms with Crippen LogP contribution in [0.4, 0.5) is 22.7 Å². The second-order valence-electron chi connectivity index (χ2n) is 8.52. The highest BCUT2D eigenvalue weighted by atomic mass is 16.5. The molecule has 0 saturated carbocycles. The standard InChI is InChI=1S/C32H24N2O/c1-3-7-25-21-29(11-9-23(25)5-1)33-27-13-17-31(18-14-27)35-32-19-15-28(16-20-32)34-30-12-10-24-6-2-4-8-26(24)22-30/h1-22,33-34H. The Bertz CT molecular complexity index is 1480. The largest absolute Gasteiger partial charge is 0.457 e. The SMILES string of the molecule is c1ccc2cc(Nc3ccc(Oc4ccc(Nc5ccc6ccccc6c5)cc4)cc3)ccc2c1. The molecule has 3 heteroatoms. The summed E-state index contributed by atoms with van der Waals surface area (Å²) in [6, 6.07) is 45.5. The molecule has 0 aliphatic carbocycles. The quantitative estimate of drug-likeness (QED) is 0.264. The van der Waals surface area contributed by atoms with Crippen LogP contribution in [0.5, 0.6) is 11.5 Å². The Hall–Kier alpha value is -4.76. The number of nitrogens with one attached hydrogen (secondary N) is 2. The van der Waals surface area contributed by atoms with E-state index in [2.05, 4.69) is 95.6 Å². The van der Waals surface area contributed by atoms with Crippen molar-refractivity contribution in [1.82, 2.24) is 0 Å². The van der Waals surface area contributed by atoms with Crippen molar-refractivity contribution in [3.05, 3.63) is 133 Å². The number of ether oxygens (including phenoxy) is 1. The highest BCUT2D eigenvalue weighted by Crippen LogP contribution is 2.28. The Labute approximate surface area is 204 Å². The van der Waals surface area contributed by atoms with Crippen LogP contribution < -0.4 is 15.4 Å². The molecule has 0 atom stereocenters. The van der Waals surface area contributed by atoms with E-state index in [1.54, 1.807) is 0 Å². The Kier molecular flexibility index (Phi) is 5.50. The van der Waals surface area contributed by atoms with Crippen LogP contribution in [-0.2, 0) is 0 Å². The predicted molar refractivity (Wildman–Crippen MR) is 147 cm³/mol. The molecule has 0 spiro atoms. The lowest BCUT2D eigenvalue weighted by atomic mass is 10.1. The van der Waals surface area contributed by atoms with Gasteiger partial charge in [-0.25, -0.2) is 0 Å². The monoisotopic (exact) mass is 452 g/mol. The van der Waals surface area contributed by atoms with Gasteiger partial charge in [-0.3, -0.25) is 0 Å². The molecule has 0 aliphatic rings. The fraction of sp³-hybridized carbons (Fsp3) is 0. The first kappa shape index (κ1) is 20.8. The van der Waals surface area contributed by atoms with Crippen molar-refractivity contribution in [2.75, 3.05) is 10.6 Å². The molecule has 168 valence electrons. The molecule has 6 aromatic carbocycles. The minimum atomic E-state index is 0.796. The Morgan fingerprint density at radius 2 is 0.714 bits per heavy atom. The number of hydrogen-bond acceptors (Lipinski definition) is 3. The summed E-state index contributed by atoms with van der Waals surface area (Å²) in [6.45, 7) is 0. The van der Waals surface area contributed by atoms with Crippen LogP contribution in [0.25, 0.3) is 21.5 Å². The van der Waals surface area contributed by atoms with E-state index in [1.807, 2.05) is 48.5 Å². The number of benzene rings is 6. The first-order chi connectivity index (χ1) is 17.3. The molecule has 0 aliphatic heterocycles. The molecule has 0 amide bonds. The summed E-state index contributed by atoms with van der Waals surface area (Å²) >= 11 is 0. The van der Waals surface area contributed by atoms with Gasteiger partial charge in [-0.1, -0.05) is 60.7 Å². The summed E-state index contributed by atoms with van der Waals surface area (Å²) in [5.74, 6) is 1.59. The van der Waals surface area contributed by atoms with E-state index in [1.165, 1.54) is 21.5 Å². The van der Waals surface area contributed by atoms with Gasteiger partial charge in [-0.05, 0) is 94.3 Å². The van der Waals surface area contributed by atoms with Crippen LogP contribution in [0.15, 0.2) is 133 Å². The fourth-order valence-electron chi connectivity index (χ4n) is 4.22. The van der Waals surface area contributed by atoms with E-state index in [4.69, 9.17) is 4.74 Å². The molecule has 0 aromatic heterocycles. The molecule has 6 rings (SSSR count). The number of anilines is 4. The molecule has 0 unspecified atom stereocenters. The van der Waals surface area contributed by atoms with Crippen molar-refractivity contribution >= 4 is 44.3 Å². The topological polar surface area (TPSA) is 33.3 Å². The normalized spacial score (nSPS) is 10.9. The van der Waals surface area contributed by atoms with Crippen molar-refractivity contribution in [3.63, 3.8) is 0 Å². The third-order valence-corrected chi connectivity index (χ3v) is 6.02. The minimum absolute atomic E-state index is 0.796. The maximum Gasteiger partial charge on any atom is 0.127 e. The number of rotatable bonds is 6. The average Bonchev–Trinajstić information content (AvgIpc) is 2.91. The van der Waals surface area contributed by atoms with Crippen LogP contribution in [0, 0.1) is 0 Å². The van der Waals surface area contributed by atoms with Gasteiger partial charge in [0, 0.05) is 22.7 Å². The van der Waals surface area contributed by atoms with Crippen molar-refractivity contribution in [2.45, 2.75) is 0 Å². The first-order valence-electron chi connectivity index (χ1n) is 11.7. The van der Waals surface area contributed by atoms with Gasteiger partial charge in [0.2, 0.25) is 0 Å². The molecule has 3 nitrogen and oxygen atoms in total. The van der Waals surface area contributed by atoms with Crippen LogP contribution in [0.2, 0.25) is 0 Å². The molecule has 0 heterocycles. The Morgan fingerprint density at radius 3 is 1.14 bits per heavy atom. The molecule has 0 radical (unpaired) electrons. The van der Waals surface area contributed by atoms with E-state index in [0.29, 0.717) is 0 Å². The van der Waals surface area contributed by atoms with E-state index < -0.39 is 0 Å². The molecule has 35 heavy (non-hydrogen) atoms. The van der Waals surface area contributed by atoms with Gasteiger partial charge < -0.3 is 15.4 Å². The van der Waals surface area contributed by atoms with Gasteiger partial charge in [0.05, 0.1) is 0 Å². The summed E-state index contributed by atoms with van der Waals surface area (Å²) in [5, 5.41) is 11.8. The second kappa shape index (κ2) is 9.24. The van der Waals surface area contributed by atoms with Crippen molar-refractivity contribution in [1.29, 1.82) is 0 Å². The molecular formula is C32H24N2O. The zero-order chi connectivity index (χ0) is 23.5. The summed E-state index contributed by atoms with van der Waals surface area (Å²) < 4.78 is 6.05.